The Kier molecular flexibility index (Phi) is 1.30. The molecule has 1 rings (SSSR count). The van der Waals surface area contributed by atoms with Gasteiger partial charge in [-0.2, -0.15) is 0 Å². The van der Waals surface area contributed by atoms with Crippen LogP contribution in [0.1, 0.15) is 0 Å². The molecule has 0 aliphatic carbocycles. The Hall–Kier alpha value is -1.28. The third-order valence-corrected chi connectivity index (χ3v) is 0.679. The first-order valence-electron chi connectivity index (χ1n) is 2.22. The van der Waals surface area contributed by atoms with E-state index in [0.29, 0.717) is 12.5 Å². The first-order valence-corrected chi connectivity index (χ1v) is 2.22. The van der Waals surface area contributed by atoms with E-state index in [1.165, 1.54) is 0 Å². The number of nitrogens with two attached hydrogens (primary N) is 1. The van der Waals surface area contributed by atoms with E-state index in [1.807, 2.05) is 0 Å². The van der Waals surface area contributed by atoms with Crippen LogP contribution in [-0.2, 0) is 0 Å². The van der Waals surface area contributed by atoms with Crippen molar-refractivity contribution in [2.75, 3.05) is 6.54 Å². The summed E-state index contributed by atoms with van der Waals surface area (Å²) in [7, 11) is 0. The van der Waals surface area contributed by atoms with Gasteiger partial charge in [-0.15, -0.1) is 5.10 Å². The molecule has 8 heavy (non-hydrogen) atoms. The number of nitrogens with one attached hydrogen (secondary N) is 1. The maximum atomic E-state index is 5.22. The molecule has 0 atom stereocenters. The van der Waals surface area contributed by atoms with E-state index >= 15 is 0 Å². The van der Waals surface area contributed by atoms with Crippen molar-refractivity contribution >= 4 is 11.8 Å². The van der Waals surface area contributed by atoms with Crippen molar-refractivity contribution in [3.05, 3.63) is 6.08 Å². The van der Waals surface area contributed by atoms with Crippen LogP contribution >= 0.6 is 0 Å². The van der Waals surface area contributed by atoms with E-state index < -0.39 is 0 Å². The fraction of sp³-hybridized carbons (Fsp3) is 0.250. The normalized spacial score (nSPS) is 16.8. The largest absolute Gasteiger partial charge is 0.368 e. The van der Waals surface area contributed by atoms with E-state index in [2.05, 4.69) is 21.4 Å². The zero-order valence-electron chi connectivity index (χ0n) is 4.26. The van der Waals surface area contributed by atoms with Gasteiger partial charge in [0.05, 0.1) is 6.54 Å². The lowest BCUT2D eigenvalue weighted by Gasteiger charge is -1.90. The van der Waals surface area contributed by atoms with Crippen LogP contribution in [0.4, 0.5) is 0 Å². The quantitative estimate of drug-likeness (QED) is 0.422. The van der Waals surface area contributed by atoms with Gasteiger partial charge in [0.25, 0.3) is 0 Å². The average molecular weight is 110 g/mol. The summed E-state index contributed by atoms with van der Waals surface area (Å²) in [5, 5.41) is 3.54. The number of rotatable bonds is 0. The molecule has 0 saturated carbocycles. The van der Waals surface area contributed by atoms with Crippen molar-refractivity contribution < 1.29 is 0 Å². The fourth-order valence-electron chi connectivity index (χ4n) is 0.355. The second-order valence-electron chi connectivity index (χ2n) is 1.28. The number of hydrazone groups is 1. The van der Waals surface area contributed by atoms with Crippen molar-refractivity contribution in [2.24, 2.45) is 15.8 Å². The summed E-state index contributed by atoms with van der Waals surface area (Å²) in [5.41, 5.74) is 7.67. The van der Waals surface area contributed by atoms with Gasteiger partial charge in [0, 0.05) is 11.9 Å². The van der Waals surface area contributed by atoms with Gasteiger partial charge < -0.3 is 5.73 Å². The number of guanidine groups is 1. The van der Waals surface area contributed by atoms with Gasteiger partial charge in [0.1, 0.15) is 0 Å². The molecule has 0 radical (unpaired) electrons. The van der Waals surface area contributed by atoms with Gasteiger partial charge >= 0.3 is 0 Å². The summed E-state index contributed by atoms with van der Waals surface area (Å²) in [6, 6.07) is 0. The molecule has 0 spiro atoms. The zero-order valence-corrected chi connectivity index (χ0v) is 4.26. The van der Waals surface area contributed by atoms with Crippen LogP contribution in [0.3, 0.4) is 0 Å². The Balaban J connectivity index is 2.66. The van der Waals surface area contributed by atoms with Crippen LogP contribution in [0.2, 0.25) is 0 Å². The first-order chi connectivity index (χ1) is 3.89. The Morgan fingerprint density at radius 1 is 1.88 bits per heavy atom. The van der Waals surface area contributed by atoms with Crippen LogP contribution in [0, 0.1) is 0 Å². The van der Waals surface area contributed by atoms with E-state index in [-0.39, 0.29) is 0 Å². The topological polar surface area (TPSA) is 62.8 Å². The van der Waals surface area contributed by atoms with Gasteiger partial charge in [-0.25, -0.2) is 10.4 Å². The highest BCUT2D eigenvalue weighted by Gasteiger charge is 1.85. The van der Waals surface area contributed by atoms with E-state index in [4.69, 9.17) is 5.73 Å². The predicted octanol–water partition coefficient (Wildman–Crippen LogP) is -0.955. The Morgan fingerprint density at radius 3 is 3.62 bits per heavy atom. The lowest BCUT2D eigenvalue weighted by Crippen LogP contribution is -2.26. The smallest absolute Gasteiger partial charge is 0.210 e. The van der Waals surface area contributed by atoms with E-state index in [9.17, 15) is 0 Å². The first kappa shape index (κ1) is 4.87. The standard InChI is InChI=1S/C4H6N4/c5-4-6-2-1-3-7-8-4/h1H,2H2,(H3,5,6,8). The number of nitrogens with zero attached hydrogens (tertiary/aromatic N) is 2. The minimum absolute atomic E-state index is 0.339. The second kappa shape index (κ2) is 2.14. The van der Waals surface area contributed by atoms with Gasteiger partial charge in [0.15, 0.2) is 0 Å². The van der Waals surface area contributed by atoms with Crippen LogP contribution in [0.25, 0.3) is 0 Å². The maximum absolute atomic E-state index is 5.22. The highest BCUT2D eigenvalue weighted by Crippen LogP contribution is 1.72. The number of hydrogen-bond acceptors (Lipinski definition) is 4. The Labute approximate surface area is 46.8 Å². The summed E-state index contributed by atoms with van der Waals surface area (Å²) < 4.78 is 0. The molecule has 42 valence electrons. The lowest BCUT2D eigenvalue weighted by atomic mass is 10.6. The SMILES string of the molecule is NC1=NCC=C=NN1. The zero-order chi connectivity index (χ0) is 5.82. The minimum atomic E-state index is 0.339. The van der Waals surface area contributed by atoms with Crippen molar-refractivity contribution in [2.45, 2.75) is 0 Å². The average Bonchev–Trinajstić information content (AvgIpc) is 1.94. The molecule has 0 bridgehead atoms. The van der Waals surface area contributed by atoms with Gasteiger partial charge in [0.2, 0.25) is 5.96 Å². The van der Waals surface area contributed by atoms with Crippen molar-refractivity contribution in [3.63, 3.8) is 0 Å². The van der Waals surface area contributed by atoms with Crippen molar-refractivity contribution in [3.8, 4) is 0 Å². The second-order valence-corrected chi connectivity index (χ2v) is 1.28. The van der Waals surface area contributed by atoms with Crippen molar-refractivity contribution in [1.82, 2.24) is 5.43 Å². The van der Waals surface area contributed by atoms with Gasteiger partial charge in [-0.05, 0) is 0 Å². The molecule has 4 nitrogen and oxygen atoms in total. The molecular formula is C4H6N4. The maximum Gasteiger partial charge on any atom is 0.210 e. The summed E-state index contributed by atoms with van der Waals surface area (Å²) in [6.45, 7) is 0.558. The Morgan fingerprint density at radius 2 is 2.75 bits per heavy atom. The molecule has 0 fully saturated rings. The lowest BCUT2D eigenvalue weighted by molar-refractivity contribution is 1.01. The van der Waals surface area contributed by atoms with Crippen LogP contribution < -0.4 is 11.2 Å². The Bertz CT molecular complexity index is 163. The molecule has 0 aromatic rings. The predicted molar refractivity (Wildman–Crippen MR) is 31.6 cm³/mol. The molecular weight excluding hydrogens is 104 g/mol. The minimum Gasteiger partial charge on any atom is -0.368 e. The molecule has 0 unspecified atom stereocenters. The monoisotopic (exact) mass is 110 g/mol. The molecule has 0 aromatic carbocycles. The molecule has 0 amide bonds. The third-order valence-electron chi connectivity index (χ3n) is 0.679. The number of hydrogen-bond donors (Lipinski definition) is 2. The highest BCUT2D eigenvalue weighted by molar-refractivity contribution is 5.79. The van der Waals surface area contributed by atoms with E-state index in [0.717, 1.165) is 0 Å². The highest BCUT2D eigenvalue weighted by atomic mass is 15.3. The number of aliphatic imine (C=N–C) groups is 1. The molecule has 1 aliphatic rings. The van der Waals surface area contributed by atoms with Gasteiger partial charge in [-0.3, -0.25) is 0 Å². The van der Waals surface area contributed by atoms with Gasteiger partial charge in [-0.1, -0.05) is 0 Å². The molecule has 4 heteroatoms. The summed E-state index contributed by atoms with van der Waals surface area (Å²) in [6.07, 6.45) is 1.69. The van der Waals surface area contributed by atoms with Crippen molar-refractivity contribution in [1.29, 1.82) is 0 Å². The molecule has 1 aliphatic heterocycles. The summed E-state index contributed by atoms with van der Waals surface area (Å²) >= 11 is 0. The van der Waals surface area contributed by atoms with Crippen LogP contribution in [0.5, 0.6) is 0 Å². The molecule has 0 aromatic heterocycles. The summed E-state index contributed by atoms with van der Waals surface area (Å²) in [5.74, 6) is 2.91. The molecule has 0 saturated heterocycles. The fourth-order valence-corrected chi connectivity index (χ4v) is 0.355. The molecule has 1 heterocycles. The van der Waals surface area contributed by atoms with Crippen LogP contribution in [-0.4, -0.2) is 18.4 Å². The third kappa shape index (κ3) is 1.10. The summed E-state index contributed by atoms with van der Waals surface area (Å²) in [4.78, 5) is 3.80. The molecule has 3 N–H and O–H groups in total. The van der Waals surface area contributed by atoms with E-state index in [1.54, 1.807) is 6.08 Å². The van der Waals surface area contributed by atoms with Crippen LogP contribution in [0.15, 0.2) is 16.2 Å².